The molecule has 2 heterocycles. The predicted octanol–water partition coefficient (Wildman–Crippen LogP) is 1.01. The van der Waals surface area contributed by atoms with E-state index in [0.717, 1.165) is 45.5 Å². The maximum absolute atomic E-state index is 12.5. The molecule has 0 aromatic heterocycles. The summed E-state index contributed by atoms with van der Waals surface area (Å²) in [6.45, 7) is 7.64. The van der Waals surface area contributed by atoms with Gasteiger partial charge in [0.2, 0.25) is 5.91 Å². The zero-order valence-corrected chi connectivity index (χ0v) is 10.9. The van der Waals surface area contributed by atoms with Crippen molar-refractivity contribution >= 4 is 5.91 Å². The lowest BCUT2D eigenvalue weighted by atomic mass is 10.00. The van der Waals surface area contributed by atoms with E-state index in [1.807, 2.05) is 4.90 Å². The first-order valence-electron chi connectivity index (χ1n) is 6.86. The van der Waals surface area contributed by atoms with Crippen molar-refractivity contribution in [3.63, 3.8) is 0 Å². The van der Waals surface area contributed by atoms with Crippen molar-refractivity contribution in [2.45, 2.75) is 45.3 Å². The summed E-state index contributed by atoms with van der Waals surface area (Å²) in [6.07, 6.45) is 3.17. The molecule has 0 radical (unpaired) electrons. The highest BCUT2D eigenvalue weighted by molar-refractivity contribution is 5.80. The van der Waals surface area contributed by atoms with E-state index in [2.05, 4.69) is 19.2 Å². The van der Waals surface area contributed by atoms with E-state index in [9.17, 15) is 4.79 Å². The quantitative estimate of drug-likeness (QED) is 0.783. The van der Waals surface area contributed by atoms with E-state index < -0.39 is 0 Å². The van der Waals surface area contributed by atoms with Gasteiger partial charge in [0, 0.05) is 25.7 Å². The molecule has 4 heteroatoms. The smallest absolute Gasteiger partial charge is 0.227 e. The summed E-state index contributed by atoms with van der Waals surface area (Å²) in [5.41, 5.74) is 0. The molecule has 2 rings (SSSR count). The van der Waals surface area contributed by atoms with Gasteiger partial charge in [-0.05, 0) is 32.7 Å². The number of carbonyl (C=O) groups excluding carboxylic acids is 1. The first-order valence-corrected chi connectivity index (χ1v) is 6.86. The molecule has 0 aromatic carbocycles. The minimum atomic E-state index is 0.172. The van der Waals surface area contributed by atoms with E-state index in [1.165, 1.54) is 0 Å². The average molecular weight is 240 g/mol. The molecule has 0 aromatic rings. The van der Waals surface area contributed by atoms with E-state index >= 15 is 0 Å². The van der Waals surface area contributed by atoms with E-state index in [4.69, 9.17) is 4.74 Å². The van der Waals surface area contributed by atoms with Gasteiger partial charge in [0.1, 0.15) is 0 Å². The Kier molecular flexibility index (Phi) is 4.40. The molecule has 3 atom stereocenters. The number of nitrogens with zero attached hydrogens (tertiary/aromatic N) is 1. The van der Waals surface area contributed by atoms with Gasteiger partial charge in [-0.1, -0.05) is 6.92 Å². The second-order valence-electron chi connectivity index (χ2n) is 5.18. The van der Waals surface area contributed by atoms with Gasteiger partial charge in [-0.15, -0.1) is 0 Å². The maximum Gasteiger partial charge on any atom is 0.227 e. The Balaban J connectivity index is 1.97. The Morgan fingerprint density at radius 3 is 3.00 bits per heavy atom. The predicted molar refractivity (Wildman–Crippen MR) is 66.8 cm³/mol. The Morgan fingerprint density at radius 1 is 1.53 bits per heavy atom. The summed E-state index contributed by atoms with van der Waals surface area (Å²) >= 11 is 0. The van der Waals surface area contributed by atoms with Crippen LogP contribution in [-0.4, -0.2) is 49.2 Å². The molecule has 0 bridgehead atoms. The third-order valence-corrected chi connectivity index (χ3v) is 3.96. The van der Waals surface area contributed by atoms with Crippen LogP contribution in [0, 0.1) is 5.92 Å². The molecule has 1 N–H and O–H groups in total. The lowest BCUT2D eigenvalue weighted by Crippen LogP contribution is -2.43. The van der Waals surface area contributed by atoms with Gasteiger partial charge < -0.3 is 15.0 Å². The van der Waals surface area contributed by atoms with Gasteiger partial charge in [-0.2, -0.15) is 0 Å². The zero-order chi connectivity index (χ0) is 12.3. The van der Waals surface area contributed by atoms with Crippen LogP contribution in [0.4, 0.5) is 0 Å². The number of nitrogens with one attached hydrogen (secondary N) is 1. The molecule has 0 aliphatic carbocycles. The van der Waals surface area contributed by atoms with Crippen LogP contribution in [0.25, 0.3) is 0 Å². The molecule has 2 aliphatic heterocycles. The first-order chi connectivity index (χ1) is 8.22. The molecular weight excluding hydrogens is 216 g/mol. The van der Waals surface area contributed by atoms with Gasteiger partial charge >= 0.3 is 0 Å². The molecule has 4 nitrogen and oxygen atoms in total. The highest BCUT2D eigenvalue weighted by Crippen LogP contribution is 2.20. The SMILES string of the molecule is CCC1CN(C(=O)C2CCNC2C)CCCO1. The summed E-state index contributed by atoms with van der Waals surface area (Å²) in [6, 6.07) is 0.326. The Labute approximate surface area is 104 Å². The average Bonchev–Trinajstić information content (AvgIpc) is 2.63. The third kappa shape index (κ3) is 2.99. The van der Waals surface area contributed by atoms with E-state index in [-0.39, 0.29) is 12.0 Å². The maximum atomic E-state index is 12.5. The van der Waals surface area contributed by atoms with Crippen molar-refractivity contribution < 1.29 is 9.53 Å². The molecule has 17 heavy (non-hydrogen) atoms. The van der Waals surface area contributed by atoms with E-state index in [0.29, 0.717) is 11.9 Å². The van der Waals surface area contributed by atoms with Crippen molar-refractivity contribution in [3.05, 3.63) is 0 Å². The van der Waals surface area contributed by atoms with Gasteiger partial charge in [-0.3, -0.25) is 4.79 Å². The molecule has 1 amide bonds. The van der Waals surface area contributed by atoms with Crippen LogP contribution in [0.2, 0.25) is 0 Å². The lowest BCUT2D eigenvalue weighted by molar-refractivity contribution is -0.136. The fraction of sp³-hybridized carbons (Fsp3) is 0.923. The number of carbonyl (C=O) groups is 1. The fourth-order valence-electron chi connectivity index (χ4n) is 2.77. The molecule has 3 unspecified atom stereocenters. The molecule has 2 fully saturated rings. The number of hydrogen-bond donors (Lipinski definition) is 1. The van der Waals surface area contributed by atoms with Gasteiger partial charge in [-0.25, -0.2) is 0 Å². The van der Waals surface area contributed by atoms with Crippen LogP contribution >= 0.6 is 0 Å². The molecule has 0 saturated carbocycles. The van der Waals surface area contributed by atoms with Crippen molar-refractivity contribution in [3.8, 4) is 0 Å². The Bertz CT molecular complexity index is 270. The Morgan fingerprint density at radius 2 is 2.35 bits per heavy atom. The highest BCUT2D eigenvalue weighted by atomic mass is 16.5. The van der Waals surface area contributed by atoms with Gasteiger partial charge in [0.05, 0.1) is 12.0 Å². The van der Waals surface area contributed by atoms with Crippen LogP contribution in [0.5, 0.6) is 0 Å². The largest absolute Gasteiger partial charge is 0.376 e. The van der Waals surface area contributed by atoms with Crippen molar-refractivity contribution in [1.29, 1.82) is 0 Å². The third-order valence-electron chi connectivity index (χ3n) is 3.96. The molecular formula is C13H24N2O2. The number of hydrogen-bond acceptors (Lipinski definition) is 3. The second-order valence-corrected chi connectivity index (χ2v) is 5.18. The fourth-order valence-corrected chi connectivity index (χ4v) is 2.77. The van der Waals surface area contributed by atoms with Crippen LogP contribution in [-0.2, 0) is 9.53 Å². The summed E-state index contributed by atoms with van der Waals surface area (Å²) in [5.74, 6) is 0.497. The summed E-state index contributed by atoms with van der Waals surface area (Å²) < 4.78 is 5.71. The zero-order valence-electron chi connectivity index (χ0n) is 10.9. The topological polar surface area (TPSA) is 41.6 Å². The van der Waals surface area contributed by atoms with Crippen LogP contribution in [0.1, 0.15) is 33.1 Å². The van der Waals surface area contributed by atoms with Gasteiger partial charge in [0.15, 0.2) is 0 Å². The number of rotatable bonds is 2. The normalized spacial score (nSPS) is 34.7. The molecule has 2 aliphatic rings. The van der Waals surface area contributed by atoms with Crippen molar-refractivity contribution in [1.82, 2.24) is 10.2 Å². The minimum absolute atomic E-state index is 0.172. The molecule has 2 saturated heterocycles. The summed E-state index contributed by atoms with van der Waals surface area (Å²) in [7, 11) is 0. The van der Waals surface area contributed by atoms with Crippen molar-refractivity contribution in [2.24, 2.45) is 5.92 Å². The first kappa shape index (κ1) is 12.8. The minimum Gasteiger partial charge on any atom is -0.376 e. The van der Waals surface area contributed by atoms with Gasteiger partial charge in [0.25, 0.3) is 0 Å². The molecule has 0 spiro atoms. The number of amides is 1. The van der Waals surface area contributed by atoms with E-state index in [1.54, 1.807) is 0 Å². The molecule has 98 valence electrons. The summed E-state index contributed by atoms with van der Waals surface area (Å²) in [5, 5.41) is 3.35. The lowest BCUT2D eigenvalue weighted by Gasteiger charge is -2.27. The summed E-state index contributed by atoms with van der Waals surface area (Å²) in [4.78, 5) is 14.5. The highest BCUT2D eigenvalue weighted by Gasteiger charge is 2.33. The van der Waals surface area contributed by atoms with Crippen molar-refractivity contribution in [2.75, 3.05) is 26.2 Å². The Hall–Kier alpha value is -0.610. The second kappa shape index (κ2) is 5.83. The standard InChI is InChI=1S/C13H24N2O2/c1-3-11-9-15(7-4-8-17-11)13(16)12-5-6-14-10(12)2/h10-12,14H,3-9H2,1-2H3. The van der Waals surface area contributed by atoms with Crippen LogP contribution in [0.3, 0.4) is 0 Å². The number of ether oxygens (including phenoxy) is 1. The van der Waals surface area contributed by atoms with Crippen LogP contribution < -0.4 is 5.32 Å². The monoisotopic (exact) mass is 240 g/mol. The van der Waals surface area contributed by atoms with Crippen LogP contribution in [0.15, 0.2) is 0 Å².